The zero-order valence-electron chi connectivity index (χ0n) is 15.2. The van der Waals surface area contributed by atoms with Crippen molar-refractivity contribution in [3.63, 3.8) is 0 Å². The van der Waals surface area contributed by atoms with E-state index in [2.05, 4.69) is 4.72 Å². The van der Waals surface area contributed by atoms with Crippen molar-refractivity contribution in [2.75, 3.05) is 16.2 Å². The quantitative estimate of drug-likeness (QED) is 0.895. The molecule has 0 radical (unpaired) electrons. The van der Waals surface area contributed by atoms with Crippen molar-refractivity contribution >= 4 is 27.3 Å². The molecule has 0 aliphatic carbocycles. The molecule has 6 nitrogen and oxygen atoms in total. The van der Waals surface area contributed by atoms with Crippen LogP contribution in [0.5, 0.6) is 5.75 Å². The maximum atomic E-state index is 12.8. The lowest BCUT2D eigenvalue weighted by atomic mass is 10.1. The maximum absolute atomic E-state index is 12.8. The first-order chi connectivity index (χ1) is 12.2. The van der Waals surface area contributed by atoms with Crippen LogP contribution in [-0.4, -0.2) is 27.0 Å². The summed E-state index contributed by atoms with van der Waals surface area (Å²) in [6.07, 6.45) is -0.150. The Morgan fingerprint density at radius 2 is 1.88 bits per heavy atom. The number of nitrogens with zero attached hydrogens (tertiary/aromatic N) is 1. The number of fused-ring (bicyclic) bond motifs is 1. The van der Waals surface area contributed by atoms with Gasteiger partial charge in [0.25, 0.3) is 10.0 Å². The molecule has 1 N–H and O–H groups in total. The molecule has 0 aromatic heterocycles. The second-order valence-corrected chi connectivity index (χ2v) is 8.27. The van der Waals surface area contributed by atoms with E-state index < -0.39 is 10.0 Å². The number of carbonyl (C=O) groups is 1. The van der Waals surface area contributed by atoms with Gasteiger partial charge in [-0.25, -0.2) is 8.42 Å². The van der Waals surface area contributed by atoms with Crippen LogP contribution in [0, 0.1) is 13.8 Å². The normalized spacial score (nSPS) is 16.6. The number of rotatable bonds is 3. The summed E-state index contributed by atoms with van der Waals surface area (Å²) in [5.74, 6) is 0.349. The molecular weight excluding hydrogens is 352 g/mol. The highest BCUT2D eigenvalue weighted by Crippen LogP contribution is 2.36. The Labute approximate surface area is 153 Å². The predicted octanol–water partition coefficient (Wildman–Crippen LogP) is 3.24. The van der Waals surface area contributed by atoms with Gasteiger partial charge in [-0.15, -0.1) is 0 Å². The smallest absolute Gasteiger partial charge is 0.261 e. The molecule has 0 saturated carbocycles. The van der Waals surface area contributed by atoms with Crippen molar-refractivity contribution in [3.05, 3.63) is 47.5 Å². The molecule has 26 heavy (non-hydrogen) atoms. The highest BCUT2D eigenvalue weighted by molar-refractivity contribution is 7.92. The van der Waals surface area contributed by atoms with Gasteiger partial charge in [-0.05, 0) is 62.2 Å². The van der Waals surface area contributed by atoms with Crippen molar-refractivity contribution < 1.29 is 17.9 Å². The Kier molecular flexibility index (Phi) is 4.66. The molecule has 0 fully saturated rings. The average Bonchev–Trinajstić information content (AvgIpc) is 2.56. The number of anilines is 2. The summed E-state index contributed by atoms with van der Waals surface area (Å²) < 4.78 is 33.8. The van der Waals surface area contributed by atoms with E-state index >= 15 is 0 Å². The maximum Gasteiger partial charge on any atom is 0.261 e. The van der Waals surface area contributed by atoms with Crippen molar-refractivity contribution in [1.82, 2.24) is 0 Å². The fraction of sp³-hybridized carbons (Fsp3) is 0.316. The van der Waals surface area contributed by atoms with E-state index in [4.69, 9.17) is 4.74 Å². The molecule has 0 saturated heterocycles. The largest absolute Gasteiger partial charge is 0.487 e. The Bertz CT molecular complexity index is 969. The zero-order valence-corrected chi connectivity index (χ0v) is 16.1. The molecule has 1 heterocycles. The number of hydrogen-bond donors (Lipinski definition) is 1. The van der Waals surface area contributed by atoms with Crippen LogP contribution in [0.4, 0.5) is 11.4 Å². The number of hydrogen-bond acceptors (Lipinski definition) is 4. The minimum atomic E-state index is -3.78. The van der Waals surface area contributed by atoms with Crippen molar-refractivity contribution in [2.24, 2.45) is 0 Å². The molecule has 1 amide bonds. The second-order valence-electron chi connectivity index (χ2n) is 6.59. The van der Waals surface area contributed by atoms with Gasteiger partial charge in [0.15, 0.2) is 0 Å². The lowest BCUT2D eigenvalue weighted by Crippen LogP contribution is -2.41. The number of sulfonamides is 1. The monoisotopic (exact) mass is 374 g/mol. The molecule has 138 valence electrons. The predicted molar refractivity (Wildman–Crippen MR) is 101 cm³/mol. The first kappa shape index (κ1) is 18.3. The van der Waals surface area contributed by atoms with E-state index in [1.807, 2.05) is 26.8 Å². The SMILES string of the molecule is CC(=O)N1CC(C)Oc2ccc(S(=O)(=O)Nc3ccc(C)c(C)c3)cc21. The Hall–Kier alpha value is -2.54. The number of amides is 1. The number of aryl methyl sites for hydroxylation is 2. The highest BCUT2D eigenvalue weighted by Gasteiger charge is 2.27. The summed E-state index contributed by atoms with van der Waals surface area (Å²) in [5, 5.41) is 0. The van der Waals surface area contributed by atoms with Gasteiger partial charge < -0.3 is 9.64 Å². The summed E-state index contributed by atoms with van der Waals surface area (Å²) in [5.41, 5.74) is 3.06. The minimum absolute atomic E-state index is 0.0823. The van der Waals surface area contributed by atoms with Gasteiger partial charge in [-0.1, -0.05) is 6.07 Å². The summed E-state index contributed by atoms with van der Waals surface area (Å²) in [7, 11) is -3.78. The van der Waals surface area contributed by atoms with Gasteiger partial charge in [0.2, 0.25) is 5.91 Å². The number of carbonyl (C=O) groups excluding carboxylic acids is 1. The molecule has 2 aromatic carbocycles. The third-order valence-electron chi connectivity index (χ3n) is 4.44. The van der Waals surface area contributed by atoms with Crippen LogP contribution in [0.2, 0.25) is 0 Å². The van der Waals surface area contributed by atoms with E-state index in [1.54, 1.807) is 23.1 Å². The number of benzene rings is 2. The molecule has 0 spiro atoms. The summed E-state index contributed by atoms with van der Waals surface area (Å²) in [4.78, 5) is 13.6. The number of nitrogens with one attached hydrogen (secondary N) is 1. The van der Waals surface area contributed by atoms with Gasteiger partial charge in [0, 0.05) is 12.6 Å². The topological polar surface area (TPSA) is 75.7 Å². The van der Waals surface area contributed by atoms with Crippen LogP contribution < -0.4 is 14.4 Å². The third kappa shape index (κ3) is 3.53. The lowest BCUT2D eigenvalue weighted by molar-refractivity contribution is -0.117. The van der Waals surface area contributed by atoms with Crippen LogP contribution in [0.1, 0.15) is 25.0 Å². The highest BCUT2D eigenvalue weighted by atomic mass is 32.2. The van der Waals surface area contributed by atoms with Crippen molar-refractivity contribution in [3.8, 4) is 5.75 Å². The standard InChI is InChI=1S/C19H22N2O4S/c1-12-5-6-16(9-13(12)2)20-26(23,24)17-7-8-19-18(10-17)21(15(4)22)11-14(3)25-19/h5-10,14,20H,11H2,1-4H3. The average molecular weight is 374 g/mol. The fourth-order valence-corrected chi connectivity index (χ4v) is 3.97. The van der Waals surface area contributed by atoms with Gasteiger partial charge in [0.1, 0.15) is 11.9 Å². The van der Waals surface area contributed by atoms with Gasteiger partial charge in [0.05, 0.1) is 17.1 Å². The second kappa shape index (κ2) is 6.64. The van der Waals surface area contributed by atoms with E-state index in [0.717, 1.165) is 11.1 Å². The van der Waals surface area contributed by atoms with Crippen LogP contribution in [-0.2, 0) is 14.8 Å². The van der Waals surface area contributed by atoms with E-state index in [-0.39, 0.29) is 16.9 Å². The Morgan fingerprint density at radius 1 is 1.15 bits per heavy atom. The number of ether oxygens (including phenoxy) is 1. The minimum Gasteiger partial charge on any atom is -0.487 e. The molecule has 7 heteroatoms. The summed E-state index contributed by atoms with van der Waals surface area (Å²) >= 11 is 0. The van der Waals surface area contributed by atoms with Crippen LogP contribution in [0.15, 0.2) is 41.3 Å². The summed E-state index contributed by atoms with van der Waals surface area (Å²) in [6.45, 7) is 7.60. The zero-order chi connectivity index (χ0) is 19.1. The molecule has 1 atom stereocenters. The van der Waals surface area contributed by atoms with Crippen LogP contribution in [0.3, 0.4) is 0 Å². The third-order valence-corrected chi connectivity index (χ3v) is 5.82. The van der Waals surface area contributed by atoms with E-state index in [0.29, 0.717) is 23.7 Å². The Morgan fingerprint density at radius 3 is 2.54 bits per heavy atom. The van der Waals surface area contributed by atoms with Gasteiger partial charge in [-0.3, -0.25) is 9.52 Å². The fourth-order valence-electron chi connectivity index (χ4n) is 2.90. The molecule has 2 aromatic rings. The van der Waals surface area contributed by atoms with Crippen LogP contribution >= 0.6 is 0 Å². The molecular formula is C19H22N2O4S. The van der Waals surface area contributed by atoms with Crippen LogP contribution in [0.25, 0.3) is 0 Å². The molecule has 0 bridgehead atoms. The van der Waals surface area contributed by atoms with E-state index in [1.165, 1.54) is 19.1 Å². The molecule has 3 rings (SSSR count). The lowest BCUT2D eigenvalue weighted by Gasteiger charge is -2.33. The molecule has 1 aliphatic rings. The summed E-state index contributed by atoms with van der Waals surface area (Å²) in [6, 6.07) is 9.94. The Balaban J connectivity index is 1.97. The van der Waals surface area contributed by atoms with Crippen molar-refractivity contribution in [2.45, 2.75) is 38.7 Å². The first-order valence-electron chi connectivity index (χ1n) is 8.36. The van der Waals surface area contributed by atoms with Gasteiger partial charge >= 0.3 is 0 Å². The van der Waals surface area contributed by atoms with Gasteiger partial charge in [-0.2, -0.15) is 0 Å². The van der Waals surface area contributed by atoms with E-state index in [9.17, 15) is 13.2 Å². The van der Waals surface area contributed by atoms with Crippen molar-refractivity contribution in [1.29, 1.82) is 0 Å². The molecule has 1 aliphatic heterocycles. The first-order valence-corrected chi connectivity index (χ1v) is 9.84. The molecule has 1 unspecified atom stereocenters.